The van der Waals surface area contributed by atoms with Crippen LogP contribution in [0.4, 0.5) is 23.0 Å². The Hall–Kier alpha value is -5.66. The van der Waals surface area contributed by atoms with E-state index >= 15 is 0 Å². The average molecular weight is 488 g/mol. The summed E-state index contributed by atoms with van der Waals surface area (Å²) in [6, 6.07) is 14.1. The topological polar surface area (TPSA) is 201 Å². The number of anilines is 2. The van der Waals surface area contributed by atoms with Gasteiger partial charge in [-0.25, -0.2) is 0 Å². The highest BCUT2D eigenvalue weighted by Gasteiger charge is 2.11. The number of nitrogens with one attached hydrogen (secondary N) is 2. The van der Waals surface area contributed by atoms with E-state index in [4.69, 9.17) is 0 Å². The minimum absolute atomic E-state index is 0.131. The second-order valence-electron chi connectivity index (χ2n) is 7.18. The molecule has 4 aromatic rings. The molecule has 1 heterocycles. The number of aromatic hydroxyl groups is 2. The maximum Gasteiger partial charge on any atom is 0.270 e. The lowest BCUT2D eigenvalue weighted by Crippen LogP contribution is -2.02. The van der Waals surface area contributed by atoms with E-state index < -0.39 is 9.85 Å². The van der Waals surface area contributed by atoms with Crippen molar-refractivity contribution in [2.45, 2.75) is 0 Å². The quantitative estimate of drug-likeness (QED) is 0.161. The van der Waals surface area contributed by atoms with Crippen LogP contribution in [0.2, 0.25) is 0 Å². The van der Waals surface area contributed by atoms with Crippen molar-refractivity contribution in [2.75, 3.05) is 10.9 Å². The number of nitrogens with zero attached hydrogens (tertiary/aromatic N) is 6. The zero-order valence-corrected chi connectivity index (χ0v) is 18.1. The first-order chi connectivity index (χ1) is 17.3. The Balaban J connectivity index is 1.56. The Morgan fingerprint density at radius 3 is 1.53 bits per heavy atom. The van der Waals surface area contributed by atoms with Crippen molar-refractivity contribution in [3.8, 4) is 11.5 Å². The number of fused-ring (bicyclic) bond motifs is 1. The van der Waals surface area contributed by atoms with Crippen LogP contribution in [0.5, 0.6) is 11.5 Å². The highest BCUT2D eigenvalue weighted by Crippen LogP contribution is 2.27. The van der Waals surface area contributed by atoms with Crippen LogP contribution in [-0.2, 0) is 0 Å². The van der Waals surface area contributed by atoms with Gasteiger partial charge in [0.1, 0.15) is 11.5 Å². The van der Waals surface area contributed by atoms with Crippen LogP contribution in [0, 0.1) is 20.2 Å². The van der Waals surface area contributed by atoms with E-state index in [0.29, 0.717) is 10.8 Å². The first kappa shape index (κ1) is 23.5. The number of phenolic OH excluding ortho intramolecular Hbond substituents is 2. The summed E-state index contributed by atoms with van der Waals surface area (Å²) in [5.41, 5.74) is 5.26. The van der Waals surface area contributed by atoms with Crippen molar-refractivity contribution < 1.29 is 20.1 Å². The molecule has 14 nitrogen and oxygen atoms in total. The number of rotatable bonds is 8. The zero-order chi connectivity index (χ0) is 25.7. The average Bonchev–Trinajstić information content (AvgIpc) is 2.86. The van der Waals surface area contributed by atoms with E-state index in [2.05, 4.69) is 31.3 Å². The number of hydrogen-bond donors (Lipinski definition) is 4. The number of hydrogen-bond acceptors (Lipinski definition) is 12. The van der Waals surface area contributed by atoms with Gasteiger partial charge in [-0.3, -0.25) is 31.1 Å². The lowest BCUT2D eigenvalue weighted by Gasteiger charge is -2.08. The van der Waals surface area contributed by atoms with Gasteiger partial charge in [0.05, 0.1) is 22.3 Å². The fraction of sp³-hybridized carbons (Fsp3) is 0. The maximum atomic E-state index is 10.9. The van der Waals surface area contributed by atoms with E-state index in [1.165, 1.54) is 48.8 Å². The van der Waals surface area contributed by atoms with E-state index in [1.807, 2.05) is 0 Å². The molecule has 0 atom stereocenters. The van der Waals surface area contributed by atoms with Crippen LogP contribution in [0.1, 0.15) is 11.1 Å². The summed E-state index contributed by atoms with van der Waals surface area (Å²) in [5.74, 6) is 0.152. The third-order valence-electron chi connectivity index (χ3n) is 4.88. The van der Waals surface area contributed by atoms with Crippen molar-refractivity contribution in [1.82, 2.24) is 10.2 Å². The maximum absolute atomic E-state index is 10.9. The molecule has 36 heavy (non-hydrogen) atoms. The fourth-order valence-electron chi connectivity index (χ4n) is 3.11. The number of nitro benzene ring substituents is 2. The minimum atomic E-state index is -0.586. The van der Waals surface area contributed by atoms with Gasteiger partial charge in [-0.15, -0.1) is 10.2 Å². The molecule has 180 valence electrons. The Kier molecular flexibility index (Phi) is 6.58. The molecule has 0 spiro atoms. The predicted octanol–water partition coefficient (Wildman–Crippen LogP) is 3.75. The smallest absolute Gasteiger partial charge is 0.270 e. The summed E-state index contributed by atoms with van der Waals surface area (Å²) in [7, 11) is 0. The van der Waals surface area contributed by atoms with Crippen LogP contribution in [0.3, 0.4) is 0 Å². The first-order valence-corrected chi connectivity index (χ1v) is 10.1. The molecule has 0 saturated heterocycles. The van der Waals surface area contributed by atoms with Gasteiger partial charge in [0.15, 0.2) is 11.6 Å². The van der Waals surface area contributed by atoms with Crippen LogP contribution < -0.4 is 10.9 Å². The molecule has 3 aromatic carbocycles. The van der Waals surface area contributed by atoms with Gasteiger partial charge in [-0.05, 0) is 12.1 Å². The highest BCUT2D eigenvalue weighted by atomic mass is 16.6. The van der Waals surface area contributed by atoms with Crippen molar-refractivity contribution in [2.24, 2.45) is 10.2 Å². The SMILES string of the molecule is O=[N+]([O-])c1ccc(O)c(/C=N/Nc2nnc(N/N=C/c3cc([N+](=O)[O-])ccc3O)c3ccccc23)c1. The fourth-order valence-corrected chi connectivity index (χ4v) is 3.11. The Morgan fingerprint density at radius 1 is 0.722 bits per heavy atom. The molecule has 0 aliphatic heterocycles. The van der Waals surface area contributed by atoms with E-state index in [0.717, 1.165) is 0 Å². The summed E-state index contributed by atoms with van der Waals surface area (Å²) in [5, 5.41) is 59.0. The molecule has 4 N–H and O–H groups in total. The van der Waals surface area contributed by atoms with Crippen molar-refractivity contribution in [3.63, 3.8) is 0 Å². The van der Waals surface area contributed by atoms with Gasteiger partial charge in [0.2, 0.25) is 0 Å². The monoisotopic (exact) mass is 488 g/mol. The van der Waals surface area contributed by atoms with Crippen molar-refractivity contribution in [3.05, 3.63) is 92.0 Å². The van der Waals surface area contributed by atoms with Gasteiger partial charge < -0.3 is 10.2 Å². The van der Waals surface area contributed by atoms with Crippen molar-refractivity contribution in [1.29, 1.82) is 0 Å². The molecule has 0 aliphatic carbocycles. The molecule has 0 fully saturated rings. The van der Waals surface area contributed by atoms with E-state index in [9.17, 15) is 30.4 Å². The lowest BCUT2D eigenvalue weighted by molar-refractivity contribution is -0.385. The zero-order valence-electron chi connectivity index (χ0n) is 18.1. The normalized spacial score (nSPS) is 11.2. The molecule has 14 heteroatoms. The van der Waals surface area contributed by atoms with Gasteiger partial charge in [-0.2, -0.15) is 10.2 Å². The number of benzene rings is 3. The summed E-state index contributed by atoms with van der Waals surface area (Å²) in [4.78, 5) is 20.7. The summed E-state index contributed by atoms with van der Waals surface area (Å²) in [6.07, 6.45) is 2.42. The Bertz CT molecular complexity index is 1420. The third kappa shape index (κ3) is 5.12. The van der Waals surface area contributed by atoms with Crippen LogP contribution in [-0.4, -0.2) is 42.7 Å². The summed E-state index contributed by atoms with van der Waals surface area (Å²) >= 11 is 0. The van der Waals surface area contributed by atoms with Gasteiger partial charge in [-0.1, -0.05) is 24.3 Å². The second-order valence-corrected chi connectivity index (χ2v) is 7.18. The minimum Gasteiger partial charge on any atom is -0.507 e. The van der Waals surface area contributed by atoms with Crippen LogP contribution in [0.15, 0.2) is 70.9 Å². The number of non-ortho nitro benzene ring substituents is 2. The lowest BCUT2D eigenvalue weighted by atomic mass is 10.2. The number of phenols is 2. The molecule has 0 saturated carbocycles. The number of hydrazone groups is 2. The Labute approximate surface area is 201 Å². The molecule has 0 amide bonds. The third-order valence-corrected chi connectivity index (χ3v) is 4.88. The summed E-state index contributed by atoms with van der Waals surface area (Å²) in [6.45, 7) is 0. The van der Waals surface area contributed by atoms with Gasteiger partial charge in [0.25, 0.3) is 11.4 Å². The molecular formula is C22H16N8O6. The molecule has 1 aromatic heterocycles. The van der Waals surface area contributed by atoms with Crippen molar-refractivity contribution >= 4 is 46.2 Å². The highest BCUT2D eigenvalue weighted by molar-refractivity contribution is 5.98. The number of nitro groups is 2. The molecular weight excluding hydrogens is 472 g/mol. The van der Waals surface area contributed by atoms with Gasteiger partial charge in [0, 0.05) is 46.2 Å². The molecule has 4 rings (SSSR count). The van der Waals surface area contributed by atoms with Crippen LogP contribution in [0.25, 0.3) is 10.8 Å². The number of aromatic nitrogens is 2. The molecule has 0 radical (unpaired) electrons. The second kappa shape index (κ2) is 10.1. The first-order valence-electron chi connectivity index (χ1n) is 10.1. The predicted molar refractivity (Wildman–Crippen MR) is 131 cm³/mol. The molecule has 0 bridgehead atoms. The van der Waals surface area contributed by atoms with Crippen LogP contribution >= 0.6 is 0 Å². The largest absolute Gasteiger partial charge is 0.507 e. The standard InChI is InChI=1S/C22H16N8O6/c31-19-7-5-15(29(33)34)9-13(19)11-23-25-21-17-3-1-2-4-18(17)22(28-27-21)26-24-12-14-10-16(30(35)36)6-8-20(14)32/h1-12,31-32H,(H,25,27)(H,26,28)/b23-11+,24-12+. The van der Waals surface area contributed by atoms with E-state index in [1.54, 1.807) is 24.3 Å². The summed E-state index contributed by atoms with van der Waals surface area (Å²) < 4.78 is 0. The van der Waals surface area contributed by atoms with E-state index in [-0.39, 0.29) is 45.6 Å². The Morgan fingerprint density at radius 2 is 1.14 bits per heavy atom. The molecule has 0 aliphatic rings. The van der Waals surface area contributed by atoms with Gasteiger partial charge >= 0.3 is 0 Å². The molecule has 0 unspecified atom stereocenters.